The van der Waals surface area contributed by atoms with Gasteiger partial charge in [-0.15, -0.1) is 0 Å². The molecule has 0 unspecified atom stereocenters. The van der Waals surface area contributed by atoms with E-state index < -0.39 is 15.9 Å². The summed E-state index contributed by atoms with van der Waals surface area (Å²) in [7, 11) is -3.58. The van der Waals surface area contributed by atoms with Gasteiger partial charge in [-0.2, -0.15) is 0 Å². The summed E-state index contributed by atoms with van der Waals surface area (Å²) in [4.78, 5) is 25.4. The van der Waals surface area contributed by atoms with E-state index in [2.05, 4.69) is 4.72 Å². The first kappa shape index (κ1) is 19.1. The van der Waals surface area contributed by atoms with Crippen LogP contribution in [0.2, 0.25) is 0 Å². The Kier molecular flexibility index (Phi) is 6.99. The predicted molar refractivity (Wildman–Crippen MR) is 85.8 cm³/mol. The van der Waals surface area contributed by atoms with Gasteiger partial charge in [0.05, 0.1) is 5.75 Å². The zero-order valence-corrected chi connectivity index (χ0v) is 14.8. The Balaban J connectivity index is 2.38. The Hall–Kier alpha value is -0.950. The van der Waals surface area contributed by atoms with Crippen LogP contribution in [-0.4, -0.2) is 50.4 Å². The lowest BCUT2D eigenvalue weighted by molar-refractivity contribution is -0.127. The van der Waals surface area contributed by atoms with Gasteiger partial charge in [-0.05, 0) is 25.9 Å². The third-order valence-corrected chi connectivity index (χ3v) is 5.25. The van der Waals surface area contributed by atoms with E-state index in [1.807, 2.05) is 18.7 Å². The molecule has 7 heteroatoms. The largest absolute Gasteiger partial charge is 0.302 e. The van der Waals surface area contributed by atoms with Crippen LogP contribution in [0.15, 0.2) is 0 Å². The molecule has 1 aliphatic heterocycles. The highest BCUT2D eigenvalue weighted by atomic mass is 32.2. The number of nitrogens with one attached hydrogen (secondary N) is 1. The van der Waals surface area contributed by atoms with Crippen LogP contribution in [0.5, 0.6) is 0 Å². The van der Waals surface area contributed by atoms with E-state index in [-0.39, 0.29) is 23.5 Å². The van der Waals surface area contributed by atoms with Crippen molar-refractivity contribution in [3.8, 4) is 0 Å². The SMILES string of the molecule is CC(C)C(=O)NS(=O)(=O)CCN1CCC(C(=O)C(C)C)CC1. The van der Waals surface area contributed by atoms with Crippen molar-refractivity contribution in [1.82, 2.24) is 9.62 Å². The van der Waals surface area contributed by atoms with E-state index in [9.17, 15) is 18.0 Å². The van der Waals surface area contributed by atoms with Crippen molar-refractivity contribution in [2.75, 3.05) is 25.4 Å². The number of hydrogen-bond donors (Lipinski definition) is 1. The number of carbonyl (C=O) groups excluding carboxylic acids is 2. The molecule has 6 nitrogen and oxygen atoms in total. The third-order valence-electron chi connectivity index (χ3n) is 4.02. The normalized spacial score (nSPS) is 17.9. The lowest BCUT2D eigenvalue weighted by Gasteiger charge is -2.31. The molecule has 0 aromatic heterocycles. The number of amides is 1. The van der Waals surface area contributed by atoms with Crippen LogP contribution in [0.4, 0.5) is 0 Å². The average molecular weight is 332 g/mol. The Morgan fingerprint density at radius 2 is 1.64 bits per heavy atom. The summed E-state index contributed by atoms with van der Waals surface area (Å²) in [5.41, 5.74) is 0. The second-order valence-electron chi connectivity index (χ2n) is 6.61. The van der Waals surface area contributed by atoms with Gasteiger partial charge in [0.2, 0.25) is 15.9 Å². The van der Waals surface area contributed by atoms with Crippen LogP contribution in [-0.2, 0) is 19.6 Å². The maximum Gasteiger partial charge on any atom is 0.236 e. The van der Waals surface area contributed by atoms with Gasteiger partial charge in [-0.25, -0.2) is 8.42 Å². The van der Waals surface area contributed by atoms with Crippen LogP contribution in [0.1, 0.15) is 40.5 Å². The molecule has 0 radical (unpaired) electrons. The molecule has 1 N–H and O–H groups in total. The van der Waals surface area contributed by atoms with Gasteiger partial charge in [0, 0.05) is 24.3 Å². The maximum atomic E-state index is 11.9. The topological polar surface area (TPSA) is 83.6 Å². The molecule has 22 heavy (non-hydrogen) atoms. The predicted octanol–water partition coefficient (Wildman–Crippen LogP) is 1.03. The fourth-order valence-electron chi connectivity index (χ4n) is 2.48. The molecular weight excluding hydrogens is 304 g/mol. The second kappa shape index (κ2) is 8.06. The lowest BCUT2D eigenvalue weighted by Crippen LogP contribution is -2.42. The molecule has 0 aliphatic carbocycles. The number of sulfonamides is 1. The minimum atomic E-state index is -3.58. The standard InChI is InChI=1S/C15H28N2O4S/c1-11(2)14(18)13-5-7-17(8-6-13)9-10-22(20,21)16-15(19)12(3)4/h11-13H,5-10H2,1-4H3,(H,16,19). The zero-order valence-electron chi connectivity index (χ0n) is 14.0. The van der Waals surface area contributed by atoms with Crippen LogP contribution in [0, 0.1) is 17.8 Å². The summed E-state index contributed by atoms with van der Waals surface area (Å²) in [5.74, 6) is -0.448. The van der Waals surface area contributed by atoms with E-state index in [0.29, 0.717) is 12.3 Å². The first-order chi connectivity index (χ1) is 10.1. The number of nitrogens with zero attached hydrogens (tertiary/aromatic N) is 1. The summed E-state index contributed by atoms with van der Waals surface area (Å²) >= 11 is 0. The first-order valence-electron chi connectivity index (χ1n) is 7.92. The molecule has 1 heterocycles. The summed E-state index contributed by atoms with van der Waals surface area (Å²) in [6, 6.07) is 0. The summed E-state index contributed by atoms with van der Waals surface area (Å²) in [6.07, 6.45) is 1.57. The molecule has 1 amide bonds. The summed E-state index contributed by atoms with van der Waals surface area (Å²) in [5, 5.41) is 0. The van der Waals surface area contributed by atoms with E-state index >= 15 is 0 Å². The van der Waals surface area contributed by atoms with E-state index in [0.717, 1.165) is 25.9 Å². The van der Waals surface area contributed by atoms with Crippen molar-refractivity contribution in [3.05, 3.63) is 0 Å². The monoisotopic (exact) mass is 332 g/mol. The lowest BCUT2D eigenvalue weighted by atomic mass is 9.87. The number of ketones is 1. The Labute approximate surface area is 133 Å². The van der Waals surface area contributed by atoms with Gasteiger partial charge >= 0.3 is 0 Å². The van der Waals surface area contributed by atoms with Crippen molar-refractivity contribution in [2.24, 2.45) is 17.8 Å². The number of likely N-dealkylation sites (tertiary alicyclic amines) is 1. The highest BCUT2D eigenvalue weighted by Crippen LogP contribution is 2.21. The molecule has 128 valence electrons. The maximum absolute atomic E-state index is 11.9. The highest BCUT2D eigenvalue weighted by Gasteiger charge is 2.27. The zero-order chi connectivity index (χ0) is 16.9. The molecule has 0 spiro atoms. The molecule has 1 saturated heterocycles. The number of Topliss-reactive ketones (excluding diaryl/α,β-unsaturated/α-hetero) is 1. The van der Waals surface area contributed by atoms with Gasteiger partial charge in [0.25, 0.3) is 0 Å². The molecule has 0 bridgehead atoms. The van der Waals surface area contributed by atoms with Crippen LogP contribution < -0.4 is 4.72 Å². The fourth-order valence-corrected chi connectivity index (χ4v) is 3.63. The molecule has 0 aromatic rings. The van der Waals surface area contributed by atoms with Crippen molar-refractivity contribution in [2.45, 2.75) is 40.5 Å². The molecule has 0 atom stereocenters. The van der Waals surface area contributed by atoms with E-state index in [4.69, 9.17) is 0 Å². The van der Waals surface area contributed by atoms with E-state index in [1.165, 1.54) is 0 Å². The smallest absolute Gasteiger partial charge is 0.236 e. The highest BCUT2D eigenvalue weighted by molar-refractivity contribution is 7.90. The first-order valence-corrected chi connectivity index (χ1v) is 9.58. The molecule has 0 aromatic carbocycles. The quantitative estimate of drug-likeness (QED) is 0.753. The number of carbonyl (C=O) groups is 2. The van der Waals surface area contributed by atoms with Gasteiger partial charge in [-0.3, -0.25) is 14.3 Å². The number of rotatable bonds is 7. The molecule has 1 rings (SSSR count). The molecule has 1 aliphatic rings. The fraction of sp³-hybridized carbons (Fsp3) is 0.867. The van der Waals surface area contributed by atoms with Crippen molar-refractivity contribution in [3.63, 3.8) is 0 Å². The van der Waals surface area contributed by atoms with Gasteiger partial charge in [0.15, 0.2) is 0 Å². The average Bonchev–Trinajstić information content (AvgIpc) is 2.44. The third kappa shape index (κ3) is 6.04. The van der Waals surface area contributed by atoms with Crippen molar-refractivity contribution < 1.29 is 18.0 Å². The van der Waals surface area contributed by atoms with Crippen LogP contribution in [0.25, 0.3) is 0 Å². The van der Waals surface area contributed by atoms with Crippen LogP contribution >= 0.6 is 0 Å². The van der Waals surface area contributed by atoms with Gasteiger partial charge in [-0.1, -0.05) is 27.7 Å². The van der Waals surface area contributed by atoms with Crippen molar-refractivity contribution >= 4 is 21.7 Å². The summed E-state index contributed by atoms with van der Waals surface area (Å²) in [6.45, 7) is 9.00. The van der Waals surface area contributed by atoms with Gasteiger partial charge < -0.3 is 4.90 Å². The van der Waals surface area contributed by atoms with Gasteiger partial charge in [0.1, 0.15) is 5.78 Å². The minimum Gasteiger partial charge on any atom is -0.302 e. The van der Waals surface area contributed by atoms with Crippen molar-refractivity contribution in [1.29, 1.82) is 0 Å². The molecule has 0 saturated carbocycles. The molecular formula is C15H28N2O4S. The second-order valence-corrected chi connectivity index (χ2v) is 8.45. The van der Waals surface area contributed by atoms with E-state index in [1.54, 1.807) is 13.8 Å². The summed E-state index contributed by atoms with van der Waals surface area (Å²) < 4.78 is 25.8. The van der Waals surface area contributed by atoms with Crippen LogP contribution in [0.3, 0.4) is 0 Å². The number of hydrogen-bond acceptors (Lipinski definition) is 5. The minimum absolute atomic E-state index is 0.0585. The number of piperidine rings is 1. The Morgan fingerprint density at radius 1 is 1.09 bits per heavy atom. The Bertz CT molecular complexity index is 492. The Morgan fingerprint density at radius 3 is 2.09 bits per heavy atom. The molecule has 1 fully saturated rings.